The maximum absolute atomic E-state index is 12.0. The zero-order chi connectivity index (χ0) is 15.2. The Morgan fingerprint density at radius 2 is 2.00 bits per heavy atom. The van der Waals surface area contributed by atoms with E-state index in [1.807, 2.05) is 31.2 Å². The first kappa shape index (κ1) is 16.0. The van der Waals surface area contributed by atoms with Gasteiger partial charge in [-0.3, -0.25) is 4.79 Å². The molecule has 0 aliphatic rings. The van der Waals surface area contributed by atoms with Crippen molar-refractivity contribution in [3.63, 3.8) is 0 Å². The van der Waals surface area contributed by atoms with Crippen molar-refractivity contribution >= 4 is 34.1 Å². The molecule has 0 saturated carbocycles. The van der Waals surface area contributed by atoms with Crippen molar-refractivity contribution in [3.05, 3.63) is 35.4 Å². The van der Waals surface area contributed by atoms with E-state index >= 15 is 0 Å². The minimum atomic E-state index is -0.0598. The van der Waals surface area contributed by atoms with Crippen LogP contribution in [0.25, 0.3) is 0 Å². The van der Waals surface area contributed by atoms with E-state index in [0.29, 0.717) is 17.5 Å². The number of carbonyl (C=O) groups is 1. The topological polar surface area (TPSA) is 54.9 Å². The van der Waals surface area contributed by atoms with Crippen molar-refractivity contribution in [2.75, 3.05) is 11.1 Å². The van der Waals surface area contributed by atoms with Crippen molar-refractivity contribution < 1.29 is 4.79 Å². The third-order valence-electron chi connectivity index (χ3n) is 2.68. The maximum atomic E-state index is 12.0. The van der Waals surface area contributed by atoms with E-state index in [4.69, 9.17) is 0 Å². The quantitative estimate of drug-likeness (QED) is 0.650. The molecule has 1 amide bonds. The second-order valence-corrected chi connectivity index (χ2v) is 7.53. The van der Waals surface area contributed by atoms with Crippen molar-refractivity contribution in [3.8, 4) is 0 Å². The molecule has 0 bridgehead atoms. The lowest BCUT2D eigenvalue weighted by Crippen LogP contribution is -2.14. The van der Waals surface area contributed by atoms with E-state index < -0.39 is 0 Å². The molecule has 0 fully saturated rings. The number of benzene rings is 1. The summed E-state index contributed by atoms with van der Waals surface area (Å²) >= 11 is 3.10. The van der Waals surface area contributed by atoms with Crippen LogP contribution in [0.3, 0.4) is 0 Å². The highest BCUT2D eigenvalue weighted by molar-refractivity contribution is 8.01. The normalized spacial score (nSPS) is 10.9. The Kier molecular flexibility index (Phi) is 5.76. The predicted molar refractivity (Wildman–Crippen MR) is 89.0 cm³/mol. The van der Waals surface area contributed by atoms with Gasteiger partial charge >= 0.3 is 0 Å². The standard InChI is InChI=1S/C15H19N3OS2/c1-10(2)9-20-15-18-17-14(21-15)16-13(19)8-12-6-4-11(3)5-7-12/h4-7,10H,8-9H2,1-3H3,(H,16,17,19). The smallest absolute Gasteiger partial charge is 0.230 e. The van der Waals surface area contributed by atoms with Crippen LogP contribution >= 0.6 is 23.1 Å². The van der Waals surface area contributed by atoms with Gasteiger partial charge in [-0.15, -0.1) is 10.2 Å². The highest BCUT2D eigenvalue weighted by atomic mass is 32.2. The van der Waals surface area contributed by atoms with Gasteiger partial charge in [-0.2, -0.15) is 0 Å². The summed E-state index contributed by atoms with van der Waals surface area (Å²) in [7, 11) is 0. The summed E-state index contributed by atoms with van der Waals surface area (Å²) in [6.07, 6.45) is 0.355. The van der Waals surface area contributed by atoms with Crippen LogP contribution in [0.4, 0.5) is 5.13 Å². The van der Waals surface area contributed by atoms with Crippen molar-refractivity contribution in [1.82, 2.24) is 10.2 Å². The molecule has 1 aromatic heterocycles. The zero-order valence-corrected chi connectivity index (χ0v) is 14.1. The molecular formula is C15H19N3OS2. The first-order chi connectivity index (χ1) is 10.0. The molecule has 112 valence electrons. The number of thioether (sulfide) groups is 1. The maximum Gasteiger partial charge on any atom is 0.230 e. The van der Waals surface area contributed by atoms with Gasteiger partial charge in [0.15, 0.2) is 4.34 Å². The summed E-state index contributed by atoms with van der Waals surface area (Å²) in [5.74, 6) is 1.56. The molecule has 1 N–H and O–H groups in total. The number of rotatable bonds is 6. The summed E-state index contributed by atoms with van der Waals surface area (Å²) < 4.78 is 0.898. The lowest BCUT2D eigenvalue weighted by Gasteiger charge is -2.02. The van der Waals surface area contributed by atoms with Gasteiger partial charge in [0, 0.05) is 5.75 Å². The van der Waals surface area contributed by atoms with Crippen LogP contribution in [-0.2, 0) is 11.2 Å². The number of hydrogen-bond acceptors (Lipinski definition) is 5. The van der Waals surface area contributed by atoms with Gasteiger partial charge in [-0.25, -0.2) is 0 Å². The summed E-state index contributed by atoms with van der Waals surface area (Å²) in [5.41, 5.74) is 2.19. The molecular weight excluding hydrogens is 302 g/mol. The molecule has 0 saturated heterocycles. The monoisotopic (exact) mass is 321 g/mol. The average molecular weight is 321 g/mol. The van der Waals surface area contributed by atoms with Crippen molar-refractivity contribution in [2.24, 2.45) is 5.92 Å². The number of carbonyl (C=O) groups excluding carboxylic acids is 1. The molecule has 0 spiro atoms. The third kappa shape index (κ3) is 5.47. The molecule has 2 aromatic rings. The Bertz CT molecular complexity index is 593. The highest BCUT2D eigenvalue weighted by Crippen LogP contribution is 2.26. The molecule has 0 atom stereocenters. The second kappa shape index (κ2) is 7.56. The fraction of sp³-hybridized carbons (Fsp3) is 0.400. The number of anilines is 1. The van der Waals surface area contributed by atoms with Gasteiger partial charge < -0.3 is 5.32 Å². The van der Waals surface area contributed by atoms with Gasteiger partial charge in [0.25, 0.3) is 0 Å². The lowest BCUT2D eigenvalue weighted by molar-refractivity contribution is -0.115. The van der Waals surface area contributed by atoms with Crippen LogP contribution in [0.15, 0.2) is 28.6 Å². The summed E-state index contributed by atoms with van der Waals surface area (Å²) in [6, 6.07) is 7.96. The fourth-order valence-electron chi connectivity index (χ4n) is 1.61. The number of nitrogens with one attached hydrogen (secondary N) is 1. The van der Waals surface area contributed by atoms with E-state index in [1.54, 1.807) is 11.8 Å². The zero-order valence-electron chi connectivity index (χ0n) is 12.4. The van der Waals surface area contributed by atoms with Gasteiger partial charge in [-0.05, 0) is 18.4 Å². The fourth-order valence-corrected chi connectivity index (χ4v) is 3.36. The number of hydrogen-bond donors (Lipinski definition) is 1. The number of aromatic nitrogens is 2. The lowest BCUT2D eigenvalue weighted by atomic mass is 10.1. The Balaban J connectivity index is 1.86. The largest absolute Gasteiger partial charge is 0.300 e. The Morgan fingerprint density at radius 1 is 1.29 bits per heavy atom. The summed E-state index contributed by atoms with van der Waals surface area (Å²) in [6.45, 7) is 6.36. The minimum Gasteiger partial charge on any atom is -0.300 e. The predicted octanol–water partition coefficient (Wildman–Crippen LogP) is 3.78. The Hall–Kier alpha value is -1.40. The summed E-state index contributed by atoms with van der Waals surface area (Å²) in [5, 5.41) is 11.5. The molecule has 0 aliphatic heterocycles. The van der Waals surface area contributed by atoms with Crippen LogP contribution in [-0.4, -0.2) is 21.9 Å². The average Bonchev–Trinajstić information content (AvgIpc) is 2.86. The van der Waals surface area contributed by atoms with Gasteiger partial charge in [0.2, 0.25) is 11.0 Å². The molecule has 0 aliphatic carbocycles. The number of amides is 1. The van der Waals surface area contributed by atoms with Crippen molar-refractivity contribution in [1.29, 1.82) is 0 Å². The molecule has 2 rings (SSSR count). The molecule has 0 unspecified atom stereocenters. The van der Waals surface area contributed by atoms with Gasteiger partial charge in [-0.1, -0.05) is 66.8 Å². The van der Waals surface area contributed by atoms with Gasteiger partial charge in [0.05, 0.1) is 6.42 Å². The van der Waals surface area contributed by atoms with E-state index in [1.165, 1.54) is 16.9 Å². The van der Waals surface area contributed by atoms with Crippen molar-refractivity contribution in [2.45, 2.75) is 31.5 Å². The number of nitrogens with zero attached hydrogens (tertiary/aromatic N) is 2. The highest BCUT2D eigenvalue weighted by Gasteiger charge is 2.09. The Morgan fingerprint density at radius 3 is 2.67 bits per heavy atom. The van der Waals surface area contributed by atoms with Crippen LogP contribution in [0.2, 0.25) is 0 Å². The summed E-state index contributed by atoms with van der Waals surface area (Å²) in [4.78, 5) is 12.0. The molecule has 1 aromatic carbocycles. The van der Waals surface area contributed by atoms with E-state index in [-0.39, 0.29) is 5.91 Å². The van der Waals surface area contributed by atoms with E-state index in [2.05, 4.69) is 29.4 Å². The first-order valence-corrected chi connectivity index (χ1v) is 8.65. The third-order valence-corrected chi connectivity index (χ3v) is 5.08. The van der Waals surface area contributed by atoms with Gasteiger partial charge in [0.1, 0.15) is 0 Å². The first-order valence-electron chi connectivity index (χ1n) is 6.84. The van der Waals surface area contributed by atoms with Crippen LogP contribution in [0, 0.1) is 12.8 Å². The number of aryl methyl sites for hydroxylation is 1. The van der Waals surface area contributed by atoms with Crippen LogP contribution in [0.1, 0.15) is 25.0 Å². The second-order valence-electron chi connectivity index (χ2n) is 5.29. The van der Waals surface area contributed by atoms with E-state index in [0.717, 1.165) is 15.7 Å². The molecule has 4 nitrogen and oxygen atoms in total. The molecule has 1 heterocycles. The van der Waals surface area contributed by atoms with Crippen LogP contribution in [0.5, 0.6) is 0 Å². The van der Waals surface area contributed by atoms with E-state index in [9.17, 15) is 4.79 Å². The molecule has 21 heavy (non-hydrogen) atoms. The minimum absolute atomic E-state index is 0.0598. The van der Waals surface area contributed by atoms with Crippen LogP contribution < -0.4 is 5.32 Å². The Labute approximate surface area is 133 Å². The molecule has 6 heteroatoms. The molecule has 0 radical (unpaired) electrons. The SMILES string of the molecule is Cc1ccc(CC(=O)Nc2nnc(SCC(C)C)s2)cc1.